The van der Waals surface area contributed by atoms with Crippen LogP contribution in [0.25, 0.3) is 6.08 Å². The molecule has 4 rings (SSSR count). The van der Waals surface area contributed by atoms with Crippen LogP contribution in [0.1, 0.15) is 49.9 Å². The smallest absolute Gasteiger partial charge is 0.258 e. The number of nitrogens with zero attached hydrogens (tertiary/aromatic N) is 1. The first-order valence-electron chi connectivity index (χ1n) is 9.67. The molecule has 0 spiro atoms. The molecule has 6 heteroatoms. The summed E-state index contributed by atoms with van der Waals surface area (Å²) in [7, 11) is 0. The highest BCUT2D eigenvalue weighted by molar-refractivity contribution is 5.81. The standard InChI is InChI=1S/C20H27N3O3/c1-2-5-12-8-9-16-18-17(19(25)21-13-6-3-4-7-13)14(11-24)15(22-18)10-23(16)20(12)26/h2,5,8-9,13-15,17-18,22,24H,3-4,6-7,10-11H2,1H3,(H,21,25)/b5-2+/t14-,15-,17+,18+/m1/s1. The topological polar surface area (TPSA) is 83.4 Å². The first-order valence-corrected chi connectivity index (χ1v) is 9.67. The number of carbonyl (C=O) groups excluding carboxylic acids is 1. The van der Waals surface area contributed by atoms with Crippen molar-refractivity contribution in [3.05, 3.63) is 39.8 Å². The fourth-order valence-corrected chi connectivity index (χ4v) is 4.94. The molecule has 1 aromatic rings. The van der Waals surface area contributed by atoms with Crippen molar-refractivity contribution in [2.45, 2.75) is 57.3 Å². The summed E-state index contributed by atoms with van der Waals surface area (Å²) < 4.78 is 1.78. The molecule has 140 valence electrons. The Hall–Kier alpha value is -1.92. The van der Waals surface area contributed by atoms with Gasteiger partial charge in [0.1, 0.15) is 0 Å². The summed E-state index contributed by atoms with van der Waals surface area (Å²) in [6.45, 7) is 2.33. The molecule has 1 amide bonds. The number of rotatable bonds is 4. The summed E-state index contributed by atoms with van der Waals surface area (Å²) in [4.78, 5) is 25.8. The van der Waals surface area contributed by atoms with Gasteiger partial charge in [-0.3, -0.25) is 9.59 Å². The number of aliphatic hydroxyl groups is 1. The van der Waals surface area contributed by atoms with E-state index in [1.807, 2.05) is 31.2 Å². The van der Waals surface area contributed by atoms with E-state index >= 15 is 0 Å². The van der Waals surface area contributed by atoms with Crippen LogP contribution in [0.3, 0.4) is 0 Å². The van der Waals surface area contributed by atoms with E-state index < -0.39 is 0 Å². The maximum atomic E-state index is 13.0. The third-order valence-electron chi connectivity index (χ3n) is 6.23. The van der Waals surface area contributed by atoms with E-state index in [1.54, 1.807) is 4.57 Å². The molecular formula is C20H27N3O3. The first kappa shape index (κ1) is 17.5. The predicted molar refractivity (Wildman–Crippen MR) is 99.5 cm³/mol. The van der Waals surface area contributed by atoms with Gasteiger partial charge in [-0.05, 0) is 31.9 Å². The zero-order valence-electron chi connectivity index (χ0n) is 15.1. The Morgan fingerprint density at radius 1 is 1.38 bits per heavy atom. The summed E-state index contributed by atoms with van der Waals surface area (Å²) in [6, 6.07) is 3.74. The lowest BCUT2D eigenvalue weighted by Crippen LogP contribution is -2.44. The second kappa shape index (κ2) is 7.00. The van der Waals surface area contributed by atoms with Crippen molar-refractivity contribution in [2.75, 3.05) is 6.61 Å². The molecule has 0 unspecified atom stereocenters. The van der Waals surface area contributed by atoms with Crippen LogP contribution in [0.15, 0.2) is 23.0 Å². The number of hydrogen-bond acceptors (Lipinski definition) is 4. The Kier molecular flexibility index (Phi) is 4.71. The molecule has 3 N–H and O–H groups in total. The van der Waals surface area contributed by atoms with Gasteiger partial charge < -0.3 is 20.3 Å². The number of pyridine rings is 1. The van der Waals surface area contributed by atoms with E-state index in [1.165, 1.54) is 0 Å². The van der Waals surface area contributed by atoms with Gasteiger partial charge in [-0.15, -0.1) is 0 Å². The van der Waals surface area contributed by atoms with E-state index in [9.17, 15) is 14.7 Å². The molecule has 2 aliphatic heterocycles. The minimum absolute atomic E-state index is 0.00868. The highest BCUT2D eigenvalue weighted by Crippen LogP contribution is 2.41. The van der Waals surface area contributed by atoms with Crippen LogP contribution >= 0.6 is 0 Å². The molecule has 0 aromatic carbocycles. The van der Waals surface area contributed by atoms with E-state index in [-0.39, 0.29) is 48.0 Å². The van der Waals surface area contributed by atoms with Gasteiger partial charge in [0.25, 0.3) is 5.56 Å². The monoisotopic (exact) mass is 357 g/mol. The van der Waals surface area contributed by atoms with Crippen LogP contribution in [-0.2, 0) is 11.3 Å². The van der Waals surface area contributed by atoms with Crippen LogP contribution in [0.2, 0.25) is 0 Å². The quantitative estimate of drug-likeness (QED) is 0.756. The number of amides is 1. The molecule has 6 nitrogen and oxygen atoms in total. The molecule has 2 fully saturated rings. The fraction of sp³-hybridized carbons (Fsp3) is 0.600. The number of aliphatic hydroxyl groups excluding tert-OH is 1. The van der Waals surface area contributed by atoms with Crippen LogP contribution in [0.4, 0.5) is 0 Å². The van der Waals surface area contributed by atoms with Crippen molar-refractivity contribution in [3.63, 3.8) is 0 Å². The molecule has 1 saturated carbocycles. The predicted octanol–water partition coefficient (Wildman–Crippen LogP) is 1.19. The number of allylic oxidation sites excluding steroid dienone is 1. The van der Waals surface area contributed by atoms with Gasteiger partial charge in [0.05, 0.1) is 12.0 Å². The molecule has 26 heavy (non-hydrogen) atoms. The lowest BCUT2D eigenvalue weighted by molar-refractivity contribution is -0.127. The number of aromatic nitrogens is 1. The maximum Gasteiger partial charge on any atom is 0.258 e. The van der Waals surface area contributed by atoms with Gasteiger partial charge in [0, 0.05) is 42.4 Å². The summed E-state index contributed by atoms with van der Waals surface area (Å²) in [5, 5.41) is 16.6. The van der Waals surface area contributed by atoms with Crippen molar-refractivity contribution in [1.29, 1.82) is 0 Å². The van der Waals surface area contributed by atoms with E-state index in [0.29, 0.717) is 12.1 Å². The molecule has 3 heterocycles. The van der Waals surface area contributed by atoms with Gasteiger partial charge >= 0.3 is 0 Å². The maximum absolute atomic E-state index is 13.0. The molecule has 1 aliphatic carbocycles. The van der Waals surface area contributed by atoms with Crippen LogP contribution < -0.4 is 16.2 Å². The van der Waals surface area contributed by atoms with Crippen molar-refractivity contribution in [2.24, 2.45) is 11.8 Å². The van der Waals surface area contributed by atoms with E-state index in [0.717, 1.165) is 31.4 Å². The average molecular weight is 357 g/mol. The molecular weight excluding hydrogens is 330 g/mol. The largest absolute Gasteiger partial charge is 0.396 e. The highest BCUT2D eigenvalue weighted by atomic mass is 16.3. The first-order chi connectivity index (χ1) is 12.6. The molecule has 4 atom stereocenters. The molecule has 0 radical (unpaired) electrons. The van der Waals surface area contributed by atoms with Crippen molar-refractivity contribution in [1.82, 2.24) is 15.2 Å². The molecule has 1 aromatic heterocycles. The lowest BCUT2D eigenvalue weighted by atomic mass is 9.86. The van der Waals surface area contributed by atoms with Gasteiger partial charge in [-0.25, -0.2) is 0 Å². The zero-order chi connectivity index (χ0) is 18.3. The number of fused-ring (bicyclic) bond motifs is 4. The third-order valence-corrected chi connectivity index (χ3v) is 6.23. The minimum Gasteiger partial charge on any atom is -0.396 e. The van der Waals surface area contributed by atoms with Crippen molar-refractivity contribution in [3.8, 4) is 0 Å². The second-order valence-corrected chi connectivity index (χ2v) is 7.74. The molecule has 1 saturated heterocycles. The average Bonchev–Trinajstić information content (AvgIpc) is 3.24. The Labute approximate surface area is 153 Å². The number of hydrogen-bond donors (Lipinski definition) is 3. The summed E-state index contributed by atoms with van der Waals surface area (Å²) >= 11 is 0. The number of carbonyl (C=O) groups is 1. The molecule has 3 aliphatic rings. The number of nitrogens with one attached hydrogen (secondary N) is 2. The third kappa shape index (κ3) is 2.81. The van der Waals surface area contributed by atoms with Crippen LogP contribution in [0, 0.1) is 11.8 Å². The van der Waals surface area contributed by atoms with E-state index in [4.69, 9.17) is 0 Å². The Morgan fingerprint density at radius 3 is 2.85 bits per heavy atom. The SMILES string of the molecule is C/C=C/c1ccc2n(c1=O)C[C@H]1N[C@@H]2[C@@H](C(=O)NC2CCCC2)[C@@H]1CO. The van der Waals surface area contributed by atoms with E-state index in [2.05, 4.69) is 10.6 Å². The Balaban J connectivity index is 1.67. The van der Waals surface area contributed by atoms with Gasteiger partial charge in [0.15, 0.2) is 0 Å². The van der Waals surface area contributed by atoms with Crippen LogP contribution in [-0.4, -0.2) is 34.3 Å². The van der Waals surface area contributed by atoms with Gasteiger partial charge in [-0.1, -0.05) is 25.0 Å². The Bertz CT molecular complexity index is 779. The minimum atomic E-state index is -0.341. The second-order valence-electron chi connectivity index (χ2n) is 7.74. The summed E-state index contributed by atoms with van der Waals surface area (Å²) in [5.41, 5.74) is 1.48. The zero-order valence-corrected chi connectivity index (χ0v) is 15.1. The van der Waals surface area contributed by atoms with Crippen molar-refractivity contribution >= 4 is 12.0 Å². The summed E-state index contributed by atoms with van der Waals surface area (Å²) in [6.07, 6.45) is 8.06. The normalized spacial score (nSPS) is 30.7. The van der Waals surface area contributed by atoms with Gasteiger partial charge in [0.2, 0.25) is 5.91 Å². The fourth-order valence-electron chi connectivity index (χ4n) is 4.94. The lowest BCUT2D eigenvalue weighted by Gasteiger charge is -2.28. The van der Waals surface area contributed by atoms with Gasteiger partial charge in [-0.2, -0.15) is 0 Å². The summed E-state index contributed by atoms with van der Waals surface area (Å²) in [5.74, 6) is -0.508. The highest BCUT2D eigenvalue weighted by Gasteiger charge is 2.51. The van der Waals surface area contributed by atoms with Crippen molar-refractivity contribution < 1.29 is 9.90 Å². The molecule has 2 bridgehead atoms. The Morgan fingerprint density at radius 2 is 2.15 bits per heavy atom. The van der Waals surface area contributed by atoms with Crippen LogP contribution in [0.5, 0.6) is 0 Å².